The molecule has 2 rings (SSSR count). The van der Waals surface area contributed by atoms with Crippen LogP contribution in [0, 0.1) is 0 Å². The molecule has 2 unspecified atom stereocenters. The second kappa shape index (κ2) is 17.9. The van der Waals surface area contributed by atoms with Gasteiger partial charge in [-0.1, -0.05) is 81.3 Å². The van der Waals surface area contributed by atoms with Gasteiger partial charge >= 0.3 is 12.1 Å². The first-order valence-electron chi connectivity index (χ1n) is 15.3. The lowest BCUT2D eigenvalue weighted by Gasteiger charge is -2.34. The zero-order valence-corrected chi connectivity index (χ0v) is 26.6. The maximum atomic E-state index is 14.5. The Morgan fingerprint density at radius 2 is 1.56 bits per heavy atom. The Kier molecular flexibility index (Phi) is 14.7. The number of carbonyl (C=O) groups excluding carboxylic acids is 4. The Bertz CT molecular complexity index is 1160. The molecule has 0 bridgehead atoms. The fraction of sp³-hybridized carbons (Fsp3) is 0.529. The highest BCUT2D eigenvalue weighted by Crippen LogP contribution is 2.25. The third-order valence-corrected chi connectivity index (χ3v) is 6.75. The number of amides is 3. The average molecular weight is 596 g/mol. The Labute approximate surface area is 256 Å². The van der Waals surface area contributed by atoms with Gasteiger partial charge in [-0.2, -0.15) is 0 Å². The average Bonchev–Trinajstić information content (AvgIpc) is 2.96. The van der Waals surface area contributed by atoms with Crippen molar-refractivity contribution in [3.8, 4) is 0 Å². The third-order valence-electron chi connectivity index (χ3n) is 6.75. The molecular weight excluding hydrogens is 546 g/mol. The smallest absolute Gasteiger partial charge is 0.408 e. The number of ether oxygens (including phenoxy) is 2. The summed E-state index contributed by atoms with van der Waals surface area (Å²) in [6.45, 7) is 11.7. The minimum atomic E-state index is -0.983. The van der Waals surface area contributed by atoms with Crippen LogP contribution in [0.25, 0.3) is 0 Å². The second-order valence-electron chi connectivity index (χ2n) is 11.5. The fourth-order valence-electron chi connectivity index (χ4n) is 4.62. The largest absolute Gasteiger partial charge is 0.466 e. The Morgan fingerprint density at radius 3 is 2.14 bits per heavy atom. The highest BCUT2D eigenvalue weighted by Gasteiger charge is 2.36. The lowest BCUT2D eigenvalue weighted by molar-refractivity contribution is -0.144. The van der Waals surface area contributed by atoms with E-state index in [4.69, 9.17) is 9.47 Å². The summed E-state index contributed by atoms with van der Waals surface area (Å²) in [6.07, 6.45) is 2.81. The molecule has 0 aliphatic carbocycles. The van der Waals surface area contributed by atoms with Gasteiger partial charge in [0.2, 0.25) is 11.8 Å². The number of unbranched alkanes of at least 4 members (excludes halogenated alkanes) is 2. The van der Waals surface area contributed by atoms with Crippen molar-refractivity contribution in [1.29, 1.82) is 0 Å². The molecule has 2 aromatic rings. The van der Waals surface area contributed by atoms with E-state index >= 15 is 0 Å². The van der Waals surface area contributed by atoms with Crippen LogP contribution in [-0.2, 0) is 36.7 Å². The van der Waals surface area contributed by atoms with Crippen molar-refractivity contribution in [2.24, 2.45) is 0 Å². The van der Waals surface area contributed by atoms with Crippen molar-refractivity contribution < 1.29 is 28.7 Å². The van der Waals surface area contributed by atoms with Gasteiger partial charge in [0.1, 0.15) is 17.7 Å². The van der Waals surface area contributed by atoms with Gasteiger partial charge in [-0.25, -0.2) is 4.79 Å². The van der Waals surface area contributed by atoms with E-state index < -0.39 is 41.6 Å². The van der Waals surface area contributed by atoms with Gasteiger partial charge in [0.15, 0.2) is 0 Å². The van der Waals surface area contributed by atoms with Crippen LogP contribution in [0.4, 0.5) is 4.79 Å². The van der Waals surface area contributed by atoms with Gasteiger partial charge in [0.25, 0.3) is 0 Å². The van der Waals surface area contributed by atoms with E-state index in [1.165, 1.54) is 0 Å². The van der Waals surface area contributed by atoms with E-state index in [9.17, 15) is 19.2 Å². The first-order valence-corrected chi connectivity index (χ1v) is 15.3. The standard InChI is InChI=1S/C34H49N3O6/c1-7-10-14-23-37(32(40)28(24-26-15-12-11-13-16-26)36-33(41)43-34(4,5)6)30(27-19-17-25(8-2)18-20-27)31(39)35-22-21-29(38)42-9-3/h11-13,15-20,28,30H,7-10,14,21-24H2,1-6H3,(H,35,39)(H,36,41). The third kappa shape index (κ3) is 12.5. The number of nitrogens with zero attached hydrogens (tertiary/aromatic N) is 1. The molecule has 0 radical (unpaired) electrons. The van der Waals surface area contributed by atoms with Crippen molar-refractivity contribution >= 4 is 23.9 Å². The molecule has 0 saturated carbocycles. The SMILES string of the molecule is CCCCCN(C(=O)C(Cc1ccccc1)NC(=O)OC(C)(C)C)C(C(=O)NCCC(=O)OCC)c1ccc(CC)cc1. The highest BCUT2D eigenvalue weighted by molar-refractivity contribution is 5.92. The number of hydrogen-bond acceptors (Lipinski definition) is 6. The van der Waals surface area contributed by atoms with Crippen molar-refractivity contribution in [3.05, 3.63) is 71.3 Å². The molecule has 0 spiro atoms. The van der Waals surface area contributed by atoms with Crippen LogP contribution >= 0.6 is 0 Å². The minimum absolute atomic E-state index is 0.0156. The molecule has 0 aromatic heterocycles. The molecule has 0 heterocycles. The molecule has 2 atom stereocenters. The lowest BCUT2D eigenvalue weighted by atomic mass is 9.98. The first-order chi connectivity index (χ1) is 20.5. The van der Waals surface area contributed by atoms with Crippen molar-refractivity contribution in [1.82, 2.24) is 15.5 Å². The second-order valence-corrected chi connectivity index (χ2v) is 11.5. The van der Waals surface area contributed by atoms with Crippen LogP contribution in [0.5, 0.6) is 0 Å². The van der Waals surface area contributed by atoms with E-state index in [2.05, 4.69) is 17.6 Å². The maximum absolute atomic E-state index is 14.5. The van der Waals surface area contributed by atoms with Crippen molar-refractivity contribution in [2.75, 3.05) is 19.7 Å². The van der Waals surface area contributed by atoms with Crippen LogP contribution in [0.1, 0.15) is 90.0 Å². The van der Waals surface area contributed by atoms with E-state index in [1.54, 1.807) is 32.6 Å². The quantitative estimate of drug-likeness (QED) is 0.195. The van der Waals surface area contributed by atoms with E-state index in [-0.39, 0.29) is 26.0 Å². The lowest BCUT2D eigenvalue weighted by Crippen LogP contribution is -2.54. The van der Waals surface area contributed by atoms with Crippen LogP contribution in [-0.4, -0.2) is 60.1 Å². The van der Waals surface area contributed by atoms with E-state index in [1.807, 2.05) is 61.5 Å². The molecule has 236 valence electrons. The molecule has 0 fully saturated rings. The summed E-state index contributed by atoms with van der Waals surface area (Å²) in [4.78, 5) is 54.7. The molecule has 0 saturated heterocycles. The number of esters is 1. The normalized spacial score (nSPS) is 12.5. The summed E-state index contributed by atoms with van der Waals surface area (Å²) in [6, 6.07) is 15.1. The zero-order chi connectivity index (χ0) is 31.8. The van der Waals surface area contributed by atoms with E-state index in [0.29, 0.717) is 18.5 Å². The van der Waals surface area contributed by atoms with Crippen LogP contribution < -0.4 is 10.6 Å². The maximum Gasteiger partial charge on any atom is 0.408 e. The number of alkyl carbamates (subject to hydrolysis) is 1. The molecule has 9 nitrogen and oxygen atoms in total. The van der Waals surface area contributed by atoms with Gasteiger partial charge in [0.05, 0.1) is 13.0 Å². The highest BCUT2D eigenvalue weighted by atomic mass is 16.6. The van der Waals surface area contributed by atoms with E-state index in [0.717, 1.165) is 30.4 Å². The van der Waals surface area contributed by atoms with Crippen LogP contribution in [0.2, 0.25) is 0 Å². The molecule has 43 heavy (non-hydrogen) atoms. The molecule has 2 aromatic carbocycles. The van der Waals surface area contributed by atoms with Crippen molar-refractivity contribution in [2.45, 2.75) is 97.8 Å². The summed E-state index contributed by atoms with van der Waals surface area (Å²) in [5.74, 6) is -1.21. The van der Waals surface area contributed by atoms with Gasteiger partial charge in [-0.15, -0.1) is 0 Å². The number of nitrogens with one attached hydrogen (secondary N) is 2. The topological polar surface area (TPSA) is 114 Å². The van der Waals surface area contributed by atoms with Gasteiger partial charge in [0, 0.05) is 19.5 Å². The number of hydrogen-bond donors (Lipinski definition) is 2. The number of rotatable bonds is 16. The monoisotopic (exact) mass is 595 g/mol. The number of aryl methyl sites for hydroxylation is 1. The summed E-state index contributed by atoms with van der Waals surface area (Å²) in [7, 11) is 0. The van der Waals surface area contributed by atoms with Gasteiger partial charge in [-0.05, 0) is 57.2 Å². The molecule has 0 aliphatic rings. The van der Waals surface area contributed by atoms with Crippen LogP contribution in [0.15, 0.2) is 54.6 Å². The number of carbonyl (C=O) groups is 4. The molecule has 0 aliphatic heterocycles. The first kappa shape index (κ1) is 35.3. The Morgan fingerprint density at radius 1 is 0.884 bits per heavy atom. The van der Waals surface area contributed by atoms with Crippen molar-refractivity contribution in [3.63, 3.8) is 0 Å². The molecular formula is C34H49N3O6. The summed E-state index contributed by atoms with van der Waals surface area (Å²) < 4.78 is 10.5. The molecule has 9 heteroatoms. The predicted molar refractivity (Wildman–Crippen MR) is 167 cm³/mol. The summed E-state index contributed by atoms with van der Waals surface area (Å²) in [5, 5.41) is 5.62. The predicted octanol–water partition coefficient (Wildman–Crippen LogP) is 5.51. The molecule has 2 N–H and O–H groups in total. The zero-order valence-electron chi connectivity index (χ0n) is 26.6. The van der Waals surface area contributed by atoms with Gasteiger partial charge < -0.3 is 25.0 Å². The Balaban J connectivity index is 2.51. The summed E-state index contributed by atoms with van der Waals surface area (Å²) in [5.41, 5.74) is 1.84. The number of benzene rings is 2. The van der Waals surface area contributed by atoms with Crippen LogP contribution in [0.3, 0.4) is 0 Å². The minimum Gasteiger partial charge on any atom is -0.466 e. The Hall–Kier alpha value is -3.88. The molecule has 3 amide bonds. The fourth-order valence-corrected chi connectivity index (χ4v) is 4.62. The van der Waals surface area contributed by atoms with Gasteiger partial charge in [-0.3, -0.25) is 14.4 Å². The summed E-state index contributed by atoms with van der Waals surface area (Å²) >= 11 is 0.